The maximum absolute atomic E-state index is 6.05. The van der Waals surface area contributed by atoms with Crippen LogP contribution in [0.1, 0.15) is 18.3 Å². The summed E-state index contributed by atoms with van der Waals surface area (Å²) in [6.45, 7) is 5.62. The Kier molecular flexibility index (Phi) is 3.49. The van der Waals surface area contributed by atoms with Crippen molar-refractivity contribution in [3.8, 4) is 0 Å². The number of hydrogen-bond donors (Lipinski definition) is 0. The van der Waals surface area contributed by atoms with Gasteiger partial charge in [0, 0.05) is 12.0 Å². The van der Waals surface area contributed by atoms with E-state index in [-0.39, 0.29) is 0 Å². The minimum absolute atomic E-state index is 0.527. The van der Waals surface area contributed by atoms with Crippen LogP contribution in [0, 0.1) is 6.92 Å². The fourth-order valence-corrected chi connectivity index (χ4v) is 2.54. The Balaban J connectivity index is 2.23. The molecule has 3 nitrogen and oxygen atoms in total. The van der Waals surface area contributed by atoms with E-state index in [0.717, 1.165) is 36.0 Å². The summed E-state index contributed by atoms with van der Waals surface area (Å²) in [5.74, 6) is 0.813. The van der Waals surface area contributed by atoms with E-state index in [9.17, 15) is 0 Å². The molecular formula is C10H13ClN2OS. The second kappa shape index (κ2) is 4.68. The Labute approximate surface area is 98.6 Å². The van der Waals surface area contributed by atoms with Crippen molar-refractivity contribution in [3.05, 3.63) is 16.5 Å². The van der Waals surface area contributed by atoms with Gasteiger partial charge in [0.2, 0.25) is 0 Å². The lowest BCUT2D eigenvalue weighted by Crippen LogP contribution is -2.30. The summed E-state index contributed by atoms with van der Waals surface area (Å²) in [4.78, 5) is 8.70. The van der Waals surface area contributed by atoms with Crippen molar-refractivity contribution in [1.82, 2.24) is 9.97 Å². The number of rotatable bonds is 3. The topological polar surface area (TPSA) is 35.0 Å². The summed E-state index contributed by atoms with van der Waals surface area (Å²) in [6, 6.07) is 0. The summed E-state index contributed by atoms with van der Waals surface area (Å²) < 4.78 is 5.14. The van der Waals surface area contributed by atoms with Gasteiger partial charge < -0.3 is 4.74 Å². The summed E-state index contributed by atoms with van der Waals surface area (Å²) in [5, 5.41) is 2.10. The van der Waals surface area contributed by atoms with E-state index in [1.165, 1.54) is 0 Å². The Bertz CT molecular complexity index is 369. The molecule has 0 aromatic carbocycles. The first-order valence-electron chi connectivity index (χ1n) is 4.98. The van der Waals surface area contributed by atoms with E-state index in [0.29, 0.717) is 10.4 Å². The van der Waals surface area contributed by atoms with Crippen molar-refractivity contribution in [3.63, 3.8) is 0 Å². The molecule has 82 valence electrons. The molecule has 2 rings (SSSR count). The molecule has 0 saturated carbocycles. The van der Waals surface area contributed by atoms with Crippen molar-refractivity contribution < 1.29 is 4.74 Å². The Morgan fingerprint density at radius 2 is 2.20 bits per heavy atom. The molecule has 0 atom stereocenters. The number of aromatic nitrogens is 2. The zero-order valence-electron chi connectivity index (χ0n) is 8.79. The lowest BCUT2D eigenvalue weighted by atomic mass is 10.3. The summed E-state index contributed by atoms with van der Waals surface area (Å²) in [7, 11) is 0. The molecule has 1 aromatic heterocycles. The van der Waals surface area contributed by atoms with Gasteiger partial charge in [0.05, 0.1) is 18.5 Å². The summed E-state index contributed by atoms with van der Waals surface area (Å²) >= 11 is 7.79. The molecule has 2 heterocycles. The summed E-state index contributed by atoms with van der Waals surface area (Å²) in [5.41, 5.74) is 0.978. The lowest BCUT2D eigenvalue weighted by molar-refractivity contribution is 0.0454. The van der Waals surface area contributed by atoms with E-state index in [4.69, 9.17) is 16.3 Å². The van der Waals surface area contributed by atoms with Crippen molar-refractivity contribution in [2.45, 2.75) is 30.5 Å². The van der Waals surface area contributed by atoms with Crippen LogP contribution in [0.5, 0.6) is 0 Å². The van der Waals surface area contributed by atoms with Crippen LogP contribution in [0.3, 0.4) is 0 Å². The first-order valence-corrected chi connectivity index (χ1v) is 6.24. The van der Waals surface area contributed by atoms with Crippen LogP contribution in [0.2, 0.25) is 5.15 Å². The van der Waals surface area contributed by atoms with Gasteiger partial charge >= 0.3 is 0 Å². The Morgan fingerprint density at radius 3 is 2.73 bits per heavy atom. The quantitative estimate of drug-likeness (QED) is 0.766. The number of ether oxygens (including phenoxy) is 1. The standard InChI is InChI=1S/C10H13ClN2OS/c1-3-8-12-9(11)6(2)10(13-8)15-7-4-14-5-7/h7H,3-5H2,1-2H3. The van der Waals surface area contributed by atoms with E-state index >= 15 is 0 Å². The molecular weight excluding hydrogens is 232 g/mol. The van der Waals surface area contributed by atoms with Crippen molar-refractivity contribution in [2.24, 2.45) is 0 Å². The SMILES string of the molecule is CCc1nc(Cl)c(C)c(SC2COC2)n1. The second-order valence-corrected chi connectivity index (χ2v) is 5.14. The van der Waals surface area contributed by atoms with Crippen LogP contribution in [-0.4, -0.2) is 28.4 Å². The van der Waals surface area contributed by atoms with Crippen molar-refractivity contribution in [1.29, 1.82) is 0 Å². The number of thioether (sulfide) groups is 1. The zero-order chi connectivity index (χ0) is 10.8. The summed E-state index contributed by atoms with van der Waals surface area (Å²) in [6.07, 6.45) is 0.814. The number of hydrogen-bond acceptors (Lipinski definition) is 4. The smallest absolute Gasteiger partial charge is 0.136 e. The predicted molar refractivity (Wildman–Crippen MR) is 61.6 cm³/mol. The van der Waals surface area contributed by atoms with Crippen LogP contribution in [0.15, 0.2) is 5.03 Å². The van der Waals surface area contributed by atoms with E-state index in [2.05, 4.69) is 9.97 Å². The molecule has 1 aliphatic heterocycles. The second-order valence-electron chi connectivity index (χ2n) is 3.49. The molecule has 0 aliphatic carbocycles. The highest BCUT2D eigenvalue weighted by molar-refractivity contribution is 8.00. The van der Waals surface area contributed by atoms with Crippen molar-refractivity contribution in [2.75, 3.05) is 13.2 Å². The van der Waals surface area contributed by atoms with Gasteiger partial charge in [-0.1, -0.05) is 30.3 Å². The van der Waals surface area contributed by atoms with E-state index in [1.807, 2.05) is 13.8 Å². The first-order chi connectivity index (χ1) is 7.20. The number of halogens is 1. The highest BCUT2D eigenvalue weighted by Crippen LogP contribution is 2.31. The number of aryl methyl sites for hydroxylation is 1. The maximum Gasteiger partial charge on any atom is 0.136 e. The average Bonchev–Trinajstić information content (AvgIpc) is 2.17. The van der Waals surface area contributed by atoms with Crippen LogP contribution >= 0.6 is 23.4 Å². The van der Waals surface area contributed by atoms with Gasteiger partial charge in [-0.2, -0.15) is 0 Å². The molecule has 0 amide bonds. The third-order valence-corrected chi connectivity index (χ3v) is 3.88. The molecule has 1 fully saturated rings. The Morgan fingerprint density at radius 1 is 1.47 bits per heavy atom. The van der Waals surface area contributed by atoms with Gasteiger partial charge in [-0.3, -0.25) is 0 Å². The van der Waals surface area contributed by atoms with E-state index < -0.39 is 0 Å². The molecule has 0 spiro atoms. The molecule has 1 aromatic rings. The van der Waals surface area contributed by atoms with Gasteiger partial charge in [-0.25, -0.2) is 9.97 Å². The molecule has 1 aliphatic rings. The first kappa shape index (κ1) is 11.2. The molecule has 0 bridgehead atoms. The highest BCUT2D eigenvalue weighted by atomic mass is 35.5. The fraction of sp³-hybridized carbons (Fsp3) is 0.600. The van der Waals surface area contributed by atoms with Crippen LogP contribution in [0.25, 0.3) is 0 Å². The van der Waals surface area contributed by atoms with Crippen LogP contribution in [-0.2, 0) is 11.2 Å². The van der Waals surface area contributed by atoms with Gasteiger partial charge in [0.1, 0.15) is 16.0 Å². The third-order valence-electron chi connectivity index (χ3n) is 2.29. The lowest BCUT2D eigenvalue weighted by Gasteiger charge is -2.25. The van der Waals surface area contributed by atoms with Crippen LogP contribution in [0.4, 0.5) is 0 Å². The molecule has 1 saturated heterocycles. The molecule has 5 heteroatoms. The normalized spacial score (nSPS) is 16.5. The third kappa shape index (κ3) is 2.44. The van der Waals surface area contributed by atoms with Gasteiger partial charge in [-0.05, 0) is 6.92 Å². The van der Waals surface area contributed by atoms with Gasteiger partial charge in [0.15, 0.2) is 0 Å². The molecule has 0 radical (unpaired) electrons. The fourth-order valence-electron chi connectivity index (χ4n) is 1.22. The Hall–Kier alpha value is -0.320. The molecule has 0 unspecified atom stereocenters. The maximum atomic E-state index is 6.05. The van der Waals surface area contributed by atoms with E-state index in [1.54, 1.807) is 11.8 Å². The zero-order valence-corrected chi connectivity index (χ0v) is 10.4. The molecule has 15 heavy (non-hydrogen) atoms. The van der Waals surface area contributed by atoms with Crippen molar-refractivity contribution >= 4 is 23.4 Å². The van der Waals surface area contributed by atoms with Gasteiger partial charge in [-0.15, -0.1) is 0 Å². The predicted octanol–water partition coefficient (Wildman–Crippen LogP) is 2.49. The van der Waals surface area contributed by atoms with Gasteiger partial charge in [0.25, 0.3) is 0 Å². The minimum atomic E-state index is 0.527. The minimum Gasteiger partial charge on any atom is -0.379 e. The average molecular weight is 245 g/mol. The largest absolute Gasteiger partial charge is 0.379 e. The van der Waals surface area contributed by atoms with Crippen LogP contribution < -0.4 is 0 Å². The molecule has 0 N–H and O–H groups in total. The number of nitrogens with zero attached hydrogens (tertiary/aromatic N) is 2. The highest BCUT2D eigenvalue weighted by Gasteiger charge is 2.22. The monoisotopic (exact) mass is 244 g/mol.